The number of carbonyl (C=O) groups is 4. The van der Waals surface area contributed by atoms with Crippen molar-refractivity contribution in [3.05, 3.63) is 59.2 Å². The van der Waals surface area contributed by atoms with E-state index in [0.29, 0.717) is 6.42 Å². The third-order valence-electron chi connectivity index (χ3n) is 5.31. The van der Waals surface area contributed by atoms with Gasteiger partial charge in [-0.3, -0.25) is 34.1 Å². The van der Waals surface area contributed by atoms with Gasteiger partial charge in [-0.2, -0.15) is 0 Å². The zero-order valence-electron chi connectivity index (χ0n) is 16.5. The highest BCUT2D eigenvalue weighted by molar-refractivity contribution is 7.92. The molecule has 2 heterocycles. The van der Waals surface area contributed by atoms with Gasteiger partial charge in [-0.05, 0) is 48.7 Å². The van der Waals surface area contributed by atoms with Gasteiger partial charge in [-0.15, -0.1) is 0 Å². The second-order valence-corrected chi connectivity index (χ2v) is 9.00. The highest BCUT2D eigenvalue weighted by atomic mass is 32.2. The van der Waals surface area contributed by atoms with E-state index in [1.54, 1.807) is 12.1 Å². The number of amides is 4. The summed E-state index contributed by atoms with van der Waals surface area (Å²) in [6.45, 7) is 1.91. The van der Waals surface area contributed by atoms with E-state index in [1.165, 1.54) is 24.3 Å². The van der Waals surface area contributed by atoms with E-state index >= 15 is 0 Å². The quantitative estimate of drug-likeness (QED) is 0.676. The third-order valence-corrected chi connectivity index (χ3v) is 6.69. The lowest BCUT2D eigenvalue weighted by atomic mass is 10.0. The fourth-order valence-electron chi connectivity index (χ4n) is 3.68. The molecule has 1 saturated heterocycles. The van der Waals surface area contributed by atoms with E-state index in [9.17, 15) is 27.6 Å². The molecular weight excluding hydrogens is 422 g/mol. The Morgan fingerprint density at radius 3 is 2.48 bits per heavy atom. The largest absolute Gasteiger partial charge is 0.295 e. The molecule has 2 aliphatic rings. The van der Waals surface area contributed by atoms with Crippen LogP contribution < -0.4 is 10.0 Å². The minimum atomic E-state index is -3.90. The van der Waals surface area contributed by atoms with E-state index in [1.807, 2.05) is 13.0 Å². The van der Waals surface area contributed by atoms with Crippen molar-refractivity contribution in [3.8, 4) is 0 Å². The Balaban J connectivity index is 1.61. The number of fused-ring (bicyclic) bond motifs is 1. The van der Waals surface area contributed by atoms with Crippen LogP contribution in [0.1, 0.15) is 46.0 Å². The number of hydrogen-bond donors (Lipinski definition) is 2. The summed E-state index contributed by atoms with van der Waals surface area (Å²) in [5.41, 5.74) is 1.05. The van der Waals surface area contributed by atoms with Crippen molar-refractivity contribution in [1.82, 2.24) is 10.2 Å². The maximum absolute atomic E-state index is 12.9. The van der Waals surface area contributed by atoms with Crippen molar-refractivity contribution < 1.29 is 27.6 Å². The summed E-state index contributed by atoms with van der Waals surface area (Å²) < 4.78 is 27.9. The lowest BCUT2D eigenvalue weighted by Crippen LogP contribution is -2.54. The number of nitrogens with one attached hydrogen (secondary N) is 2. The van der Waals surface area contributed by atoms with Gasteiger partial charge in [-0.25, -0.2) is 8.42 Å². The van der Waals surface area contributed by atoms with Crippen LogP contribution in [0.2, 0.25) is 0 Å². The molecule has 2 aliphatic heterocycles. The Bertz CT molecular complexity index is 1240. The van der Waals surface area contributed by atoms with Crippen LogP contribution in [0, 0.1) is 0 Å². The topological polar surface area (TPSA) is 130 Å². The van der Waals surface area contributed by atoms with Crippen LogP contribution in [0.15, 0.2) is 47.4 Å². The summed E-state index contributed by atoms with van der Waals surface area (Å²) in [6.07, 6.45) is 0.740. The number of aryl methyl sites for hydroxylation is 1. The van der Waals surface area contributed by atoms with Gasteiger partial charge in [0.1, 0.15) is 6.04 Å². The average molecular weight is 441 g/mol. The van der Waals surface area contributed by atoms with Crippen molar-refractivity contribution in [1.29, 1.82) is 0 Å². The van der Waals surface area contributed by atoms with Gasteiger partial charge in [0, 0.05) is 12.1 Å². The number of nitrogens with zero attached hydrogens (tertiary/aromatic N) is 1. The Morgan fingerprint density at radius 1 is 1.03 bits per heavy atom. The number of benzene rings is 2. The molecule has 9 nitrogen and oxygen atoms in total. The molecule has 0 aliphatic carbocycles. The predicted molar refractivity (Wildman–Crippen MR) is 110 cm³/mol. The van der Waals surface area contributed by atoms with E-state index in [-0.39, 0.29) is 34.6 Å². The highest BCUT2D eigenvalue weighted by Crippen LogP contribution is 2.30. The second-order valence-electron chi connectivity index (χ2n) is 7.31. The summed E-state index contributed by atoms with van der Waals surface area (Å²) in [5.74, 6) is -2.52. The number of anilines is 1. The SMILES string of the molecule is CCc1cccc(S(=O)(=O)Nc2ccc3c(c2)C(=O)N(C2CCC(=O)NC2=O)C3=O)c1. The molecule has 4 amide bonds. The predicted octanol–water partition coefficient (Wildman–Crippen LogP) is 1.45. The van der Waals surface area contributed by atoms with Gasteiger partial charge >= 0.3 is 0 Å². The minimum absolute atomic E-state index is 0.00258. The molecule has 2 N–H and O–H groups in total. The zero-order chi connectivity index (χ0) is 22.3. The maximum atomic E-state index is 12.9. The van der Waals surface area contributed by atoms with Crippen LogP contribution in [0.25, 0.3) is 0 Å². The number of hydrogen-bond acceptors (Lipinski definition) is 6. The fourth-order valence-corrected chi connectivity index (χ4v) is 4.80. The summed E-state index contributed by atoms with van der Waals surface area (Å²) in [7, 11) is -3.90. The molecule has 0 saturated carbocycles. The monoisotopic (exact) mass is 441 g/mol. The molecule has 2 aromatic rings. The Hall–Kier alpha value is -3.53. The molecule has 4 rings (SSSR count). The van der Waals surface area contributed by atoms with Crippen LogP contribution in [-0.4, -0.2) is 43.0 Å². The van der Waals surface area contributed by atoms with E-state index < -0.39 is 39.7 Å². The first-order valence-corrected chi connectivity index (χ1v) is 11.2. The molecule has 0 bridgehead atoms. The van der Waals surface area contributed by atoms with E-state index in [2.05, 4.69) is 10.0 Å². The molecule has 1 atom stereocenters. The van der Waals surface area contributed by atoms with Crippen LogP contribution in [0.5, 0.6) is 0 Å². The number of piperidine rings is 1. The summed E-state index contributed by atoms with van der Waals surface area (Å²) in [4.78, 5) is 50.0. The van der Waals surface area contributed by atoms with Crippen molar-refractivity contribution in [2.75, 3.05) is 4.72 Å². The van der Waals surface area contributed by atoms with Crippen molar-refractivity contribution >= 4 is 39.3 Å². The van der Waals surface area contributed by atoms with E-state index in [4.69, 9.17) is 0 Å². The number of sulfonamides is 1. The summed E-state index contributed by atoms with van der Waals surface area (Å²) in [6, 6.07) is 9.44. The van der Waals surface area contributed by atoms with Gasteiger partial charge in [0.25, 0.3) is 21.8 Å². The van der Waals surface area contributed by atoms with Crippen LogP contribution in [0.3, 0.4) is 0 Å². The fraction of sp³-hybridized carbons (Fsp3) is 0.238. The number of rotatable bonds is 5. The first-order valence-electron chi connectivity index (χ1n) is 9.68. The number of carbonyl (C=O) groups excluding carboxylic acids is 4. The molecular formula is C21H19N3O6S. The maximum Gasteiger partial charge on any atom is 0.262 e. The van der Waals surface area contributed by atoms with Gasteiger partial charge in [-0.1, -0.05) is 19.1 Å². The molecule has 2 aromatic carbocycles. The van der Waals surface area contributed by atoms with Crippen molar-refractivity contribution in [2.45, 2.75) is 37.1 Å². The molecule has 1 unspecified atom stereocenters. The van der Waals surface area contributed by atoms with Gasteiger partial charge < -0.3 is 0 Å². The summed E-state index contributed by atoms with van der Waals surface area (Å²) >= 11 is 0. The normalized spacial score (nSPS) is 18.7. The lowest BCUT2D eigenvalue weighted by molar-refractivity contribution is -0.136. The van der Waals surface area contributed by atoms with Gasteiger partial charge in [0.2, 0.25) is 11.8 Å². The first kappa shape index (κ1) is 20.7. The zero-order valence-corrected chi connectivity index (χ0v) is 17.4. The summed E-state index contributed by atoms with van der Waals surface area (Å²) in [5, 5.41) is 2.13. The Labute approximate surface area is 178 Å². The molecule has 0 spiro atoms. The van der Waals surface area contributed by atoms with Gasteiger partial charge in [0.15, 0.2) is 0 Å². The van der Waals surface area contributed by atoms with Crippen molar-refractivity contribution in [2.24, 2.45) is 0 Å². The standard InChI is InChI=1S/C21H19N3O6S/c1-2-12-4-3-5-14(10-12)31(29,30)23-13-6-7-15-16(11-13)21(28)24(20(15)27)17-8-9-18(25)22-19(17)26/h3-7,10-11,17,23H,2,8-9H2,1H3,(H,22,25,26). The second kappa shape index (κ2) is 7.62. The average Bonchev–Trinajstić information content (AvgIpc) is 2.98. The molecule has 1 fully saturated rings. The molecule has 0 aromatic heterocycles. The Kier molecular flexibility index (Phi) is 5.10. The first-order chi connectivity index (χ1) is 14.7. The Morgan fingerprint density at radius 2 is 1.77 bits per heavy atom. The van der Waals surface area contributed by atoms with Crippen molar-refractivity contribution in [3.63, 3.8) is 0 Å². The molecule has 0 radical (unpaired) electrons. The van der Waals surface area contributed by atoms with Crippen LogP contribution in [0.4, 0.5) is 5.69 Å². The third kappa shape index (κ3) is 3.70. The van der Waals surface area contributed by atoms with Gasteiger partial charge in [0.05, 0.1) is 16.0 Å². The number of imide groups is 2. The highest BCUT2D eigenvalue weighted by Gasteiger charge is 2.44. The van der Waals surface area contributed by atoms with Crippen LogP contribution >= 0.6 is 0 Å². The molecule has 10 heteroatoms. The molecule has 160 valence electrons. The smallest absolute Gasteiger partial charge is 0.262 e. The molecule has 31 heavy (non-hydrogen) atoms. The van der Waals surface area contributed by atoms with Crippen LogP contribution in [-0.2, 0) is 26.0 Å². The minimum Gasteiger partial charge on any atom is -0.295 e. The van der Waals surface area contributed by atoms with E-state index in [0.717, 1.165) is 10.5 Å². The lowest BCUT2D eigenvalue weighted by Gasteiger charge is -2.27.